The zero-order valence-corrected chi connectivity index (χ0v) is 20.4. The van der Waals surface area contributed by atoms with Gasteiger partial charge in [-0.3, -0.25) is 13.9 Å². The summed E-state index contributed by atoms with van der Waals surface area (Å²) in [4.78, 5) is 25.1. The highest BCUT2D eigenvalue weighted by atomic mass is 79.9. The normalized spacial score (nSPS) is 11.7. The van der Waals surface area contributed by atoms with E-state index in [-0.39, 0.29) is 32.1 Å². The monoisotopic (exact) mass is 534 g/mol. The standard InChI is InChI=1S/C21H19BrN4O6S/c1-11-18(19(23-32-11)12-7-5-6-8-16(12)31-4)20(27)24-33(29,30)17-10-15-14(9-13(17)22)25(2)21(28)26(15)3/h5-10H,1-4H3,(H,24,27). The van der Waals surface area contributed by atoms with Gasteiger partial charge in [0.1, 0.15) is 27.7 Å². The van der Waals surface area contributed by atoms with Gasteiger partial charge in [-0.1, -0.05) is 17.3 Å². The summed E-state index contributed by atoms with van der Waals surface area (Å²) in [6.07, 6.45) is 0. The van der Waals surface area contributed by atoms with Crippen molar-refractivity contribution in [1.29, 1.82) is 0 Å². The first-order valence-corrected chi connectivity index (χ1v) is 11.9. The summed E-state index contributed by atoms with van der Waals surface area (Å²) < 4.78 is 41.8. The van der Waals surface area contributed by atoms with Crippen LogP contribution in [0, 0.1) is 6.92 Å². The second-order valence-electron chi connectivity index (χ2n) is 7.27. The van der Waals surface area contributed by atoms with Gasteiger partial charge >= 0.3 is 5.69 Å². The lowest BCUT2D eigenvalue weighted by molar-refractivity contribution is 0.0980. The lowest BCUT2D eigenvalue weighted by Crippen LogP contribution is -2.31. The molecule has 0 unspecified atom stereocenters. The number of imidazole rings is 1. The summed E-state index contributed by atoms with van der Waals surface area (Å²) in [6.45, 7) is 1.51. The number of nitrogens with one attached hydrogen (secondary N) is 1. The molecule has 12 heteroatoms. The molecule has 2 aromatic carbocycles. The van der Waals surface area contributed by atoms with Gasteiger partial charge in [0.2, 0.25) is 0 Å². The van der Waals surface area contributed by atoms with Gasteiger partial charge in [0.25, 0.3) is 15.9 Å². The van der Waals surface area contributed by atoms with Gasteiger partial charge in [-0.25, -0.2) is 17.9 Å². The van der Waals surface area contributed by atoms with E-state index in [2.05, 4.69) is 25.8 Å². The number of carbonyl (C=O) groups excluding carboxylic acids is 1. The number of halogens is 1. The molecule has 0 bridgehead atoms. The number of amides is 1. The maximum atomic E-state index is 13.2. The molecule has 0 aliphatic carbocycles. The topological polar surface area (TPSA) is 125 Å². The van der Waals surface area contributed by atoms with Crippen LogP contribution in [-0.2, 0) is 24.1 Å². The first kappa shape index (κ1) is 22.8. The van der Waals surface area contributed by atoms with Crippen molar-refractivity contribution < 1.29 is 22.5 Å². The Morgan fingerprint density at radius 2 is 1.79 bits per heavy atom. The number of ether oxygens (including phenoxy) is 1. The Labute approximate surface area is 196 Å². The van der Waals surface area contributed by atoms with E-state index in [1.54, 1.807) is 31.3 Å². The van der Waals surface area contributed by atoms with Gasteiger partial charge in [0.05, 0.1) is 18.1 Å². The zero-order valence-electron chi connectivity index (χ0n) is 18.0. The molecule has 10 nitrogen and oxygen atoms in total. The molecular weight excluding hydrogens is 516 g/mol. The summed E-state index contributed by atoms with van der Waals surface area (Å²) in [6, 6.07) is 9.70. The SMILES string of the molecule is COc1ccccc1-c1noc(C)c1C(=O)NS(=O)(=O)c1cc2c(cc1Br)n(C)c(=O)n2C. The largest absolute Gasteiger partial charge is 0.496 e. The van der Waals surface area contributed by atoms with Crippen LogP contribution in [-0.4, -0.2) is 35.7 Å². The highest BCUT2D eigenvalue weighted by Crippen LogP contribution is 2.33. The predicted molar refractivity (Wildman–Crippen MR) is 124 cm³/mol. The van der Waals surface area contributed by atoms with Gasteiger partial charge in [0.15, 0.2) is 0 Å². The highest BCUT2D eigenvalue weighted by Gasteiger charge is 2.29. The van der Waals surface area contributed by atoms with Crippen molar-refractivity contribution in [2.75, 3.05) is 7.11 Å². The third-order valence-electron chi connectivity index (χ3n) is 5.29. The fourth-order valence-electron chi connectivity index (χ4n) is 3.60. The predicted octanol–water partition coefficient (Wildman–Crippen LogP) is 2.73. The molecule has 1 amide bonds. The van der Waals surface area contributed by atoms with Crippen LogP contribution in [0.15, 0.2) is 55.1 Å². The molecule has 0 aliphatic rings. The average Bonchev–Trinajstić information content (AvgIpc) is 3.26. The van der Waals surface area contributed by atoms with Gasteiger partial charge < -0.3 is 9.26 Å². The molecule has 0 fully saturated rings. The molecule has 0 saturated heterocycles. The maximum absolute atomic E-state index is 13.2. The Hall–Kier alpha value is -3.38. The molecule has 1 N–H and O–H groups in total. The Bertz CT molecular complexity index is 1580. The van der Waals surface area contributed by atoms with E-state index in [0.717, 1.165) is 0 Å². The van der Waals surface area contributed by atoms with Crippen molar-refractivity contribution in [1.82, 2.24) is 19.0 Å². The molecule has 4 rings (SSSR count). The van der Waals surface area contributed by atoms with Gasteiger partial charge in [-0.2, -0.15) is 0 Å². The number of fused-ring (bicyclic) bond motifs is 1. The number of aryl methyl sites for hydroxylation is 3. The van der Waals surface area contributed by atoms with Crippen LogP contribution in [0.1, 0.15) is 16.1 Å². The summed E-state index contributed by atoms with van der Waals surface area (Å²) in [5, 5.41) is 3.94. The number of hydrogen-bond donors (Lipinski definition) is 1. The van der Waals surface area contributed by atoms with Crippen LogP contribution in [0.5, 0.6) is 5.75 Å². The number of nitrogens with zero attached hydrogens (tertiary/aromatic N) is 3. The molecule has 0 aliphatic heterocycles. The van der Waals surface area contributed by atoms with Crippen molar-refractivity contribution in [3.63, 3.8) is 0 Å². The number of para-hydroxylation sites is 1. The minimum atomic E-state index is -4.33. The number of hydrogen-bond acceptors (Lipinski definition) is 7. The highest BCUT2D eigenvalue weighted by molar-refractivity contribution is 9.10. The van der Waals surface area contributed by atoms with E-state index < -0.39 is 15.9 Å². The molecule has 4 aromatic rings. The van der Waals surface area contributed by atoms with E-state index in [1.807, 2.05) is 0 Å². The number of carbonyl (C=O) groups is 1. The van der Waals surface area contributed by atoms with Crippen molar-refractivity contribution >= 4 is 42.9 Å². The van der Waals surface area contributed by atoms with Crippen LogP contribution < -0.4 is 15.1 Å². The fraction of sp³-hybridized carbons (Fsp3) is 0.190. The van der Waals surface area contributed by atoms with Crippen LogP contribution in [0.4, 0.5) is 0 Å². The van der Waals surface area contributed by atoms with Crippen molar-refractivity contribution in [2.45, 2.75) is 11.8 Å². The third-order valence-corrected chi connectivity index (χ3v) is 7.58. The molecule has 2 aromatic heterocycles. The van der Waals surface area contributed by atoms with Crippen LogP contribution in [0.3, 0.4) is 0 Å². The average molecular weight is 535 g/mol. The van der Waals surface area contributed by atoms with Crippen LogP contribution in [0.2, 0.25) is 0 Å². The first-order chi connectivity index (χ1) is 15.6. The number of rotatable bonds is 5. The van der Waals surface area contributed by atoms with E-state index in [1.165, 1.54) is 42.3 Å². The molecule has 0 atom stereocenters. The summed E-state index contributed by atoms with van der Waals surface area (Å²) >= 11 is 3.24. The van der Waals surface area contributed by atoms with Gasteiger partial charge in [-0.15, -0.1) is 0 Å². The summed E-state index contributed by atoms with van der Waals surface area (Å²) in [5.74, 6) is -0.326. The molecule has 0 radical (unpaired) electrons. The molecule has 0 spiro atoms. The lowest BCUT2D eigenvalue weighted by atomic mass is 10.0. The van der Waals surface area contributed by atoms with E-state index in [0.29, 0.717) is 22.3 Å². The molecule has 33 heavy (non-hydrogen) atoms. The second-order valence-corrected chi connectivity index (χ2v) is 9.77. The van der Waals surface area contributed by atoms with Crippen LogP contribution >= 0.6 is 15.9 Å². The Kier molecular flexibility index (Phi) is 5.66. The maximum Gasteiger partial charge on any atom is 0.328 e. The van der Waals surface area contributed by atoms with Crippen molar-refractivity contribution in [3.05, 3.63) is 62.7 Å². The first-order valence-electron chi connectivity index (χ1n) is 9.58. The van der Waals surface area contributed by atoms with Crippen molar-refractivity contribution in [3.8, 4) is 17.0 Å². The van der Waals surface area contributed by atoms with Gasteiger partial charge in [0, 0.05) is 24.1 Å². The minimum Gasteiger partial charge on any atom is -0.496 e. The summed E-state index contributed by atoms with van der Waals surface area (Å²) in [5.41, 5.74) is 1.21. The number of sulfonamides is 1. The Balaban J connectivity index is 1.77. The molecule has 2 heterocycles. The second kappa shape index (κ2) is 8.19. The molecule has 0 saturated carbocycles. The minimum absolute atomic E-state index is 0.0348. The van der Waals surface area contributed by atoms with E-state index >= 15 is 0 Å². The zero-order chi connectivity index (χ0) is 24.1. The number of aromatic nitrogens is 3. The van der Waals surface area contributed by atoms with Crippen LogP contribution in [0.25, 0.3) is 22.3 Å². The quantitative estimate of drug-likeness (QED) is 0.417. The van der Waals surface area contributed by atoms with E-state index in [4.69, 9.17) is 9.26 Å². The van der Waals surface area contributed by atoms with Gasteiger partial charge in [-0.05, 0) is 47.1 Å². The molecule has 172 valence electrons. The third kappa shape index (κ3) is 3.74. The Morgan fingerprint density at radius 3 is 2.45 bits per heavy atom. The smallest absolute Gasteiger partial charge is 0.328 e. The molecular formula is C21H19BrN4O6S. The van der Waals surface area contributed by atoms with E-state index in [9.17, 15) is 18.0 Å². The van der Waals surface area contributed by atoms with Crippen molar-refractivity contribution in [2.24, 2.45) is 14.1 Å². The number of methoxy groups -OCH3 is 1. The summed E-state index contributed by atoms with van der Waals surface area (Å²) in [7, 11) is 0.261. The number of benzene rings is 2. The Morgan fingerprint density at radius 1 is 1.15 bits per heavy atom. The fourth-order valence-corrected chi connectivity index (χ4v) is 5.61. The lowest BCUT2D eigenvalue weighted by Gasteiger charge is -2.11.